The Labute approximate surface area is 198 Å². The van der Waals surface area contributed by atoms with E-state index in [1.165, 1.54) is 0 Å². The number of carbonyl (C=O) groups excluding carboxylic acids is 1. The van der Waals surface area contributed by atoms with Crippen molar-refractivity contribution in [1.29, 1.82) is 5.26 Å². The zero-order valence-electron chi connectivity index (χ0n) is 19.5. The molecule has 3 aliphatic carbocycles. The van der Waals surface area contributed by atoms with E-state index >= 15 is 0 Å². The monoisotopic (exact) mass is 460 g/mol. The van der Waals surface area contributed by atoms with Gasteiger partial charge in [-0.25, -0.2) is 9.97 Å². The lowest BCUT2D eigenvalue weighted by Gasteiger charge is -2.30. The number of H-pyrrole nitrogens is 1. The van der Waals surface area contributed by atoms with Gasteiger partial charge in [-0.3, -0.25) is 4.79 Å². The summed E-state index contributed by atoms with van der Waals surface area (Å²) in [6.45, 7) is 0.217. The van der Waals surface area contributed by atoms with E-state index in [4.69, 9.17) is 10.2 Å². The van der Waals surface area contributed by atoms with E-state index in [1.807, 2.05) is 12.3 Å². The number of aliphatic hydroxyl groups is 1. The van der Waals surface area contributed by atoms with Gasteiger partial charge in [0, 0.05) is 36.2 Å². The van der Waals surface area contributed by atoms with Crippen molar-refractivity contribution >= 4 is 28.0 Å². The highest BCUT2D eigenvalue weighted by Gasteiger charge is 2.54. The van der Waals surface area contributed by atoms with Gasteiger partial charge in [-0.05, 0) is 75.2 Å². The number of carbonyl (C=O) groups is 1. The van der Waals surface area contributed by atoms with E-state index in [9.17, 15) is 9.90 Å². The molecule has 3 aromatic heterocycles. The number of aromatic nitrogens is 4. The van der Waals surface area contributed by atoms with Crippen LogP contribution in [0.5, 0.6) is 0 Å². The van der Waals surface area contributed by atoms with Crippen molar-refractivity contribution in [3.63, 3.8) is 0 Å². The number of pyridine rings is 1. The Hall–Kier alpha value is -2.92. The molecule has 178 valence electrons. The number of aliphatic hydroxyl groups excluding tert-OH is 1. The molecular weight excluding hydrogens is 428 g/mol. The minimum absolute atomic E-state index is 0.00799. The van der Waals surface area contributed by atoms with Crippen LogP contribution in [0.25, 0.3) is 22.1 Å². The van der Waals surface area contributed by atoms with E-state index in [1.54, 1.807) is 6.20 Å². The van der Waals surface area contributed by atoms with Crippen molar-refractivity contribution in [2.75, 3.05) is 6.61 Å². The molecule has 3 N–H and O–H groups in total. The third kappa shape index (κ3) is 3.49. The summed E-state index contributed by atoms with van der Waals surface area (Å²) < 4.78 is 2.30. The molecule has 6 rings (SSSR count). The summed E-state index contributed by atoms with van der Waals surface area (Å²) >= 11 is 0. The zero-order valence-corrected chi connectivity index (χ0v) is 19.5. The highest BCUT2D eigenvalue weighted by molar-refractivity contribution is 6.01. The molecule has 0 unspecified atom stereocenters. The molecule has 3 aliphatic rings. The van der Waals surface area contributed by atoms with Crippen LogP contribution in [0.15, 0.2) is 18.5 Å². The molecule has 3 heterocycles. The highest BCUT2D eigenvalue weighted by Crippen LogP contribution is 2.56. The van der Waals surface area contributed by atoms with Crippen LogP contribution in [-0.4, -0.2) is 42.7 Å². The molecule has 0 radical (unpaired) electrons. The van der Waals surface area contributed by atoms with Gasteiger partial charge in [0.05, 0.1) is 24.2 Å². The second-order valence-corrected chi connectivity index (χ2v) is 11.0. The van der Waals surface area contributed by atoms with E-state index in [0.29, 0.717) is 12.3 Å². The van der Waals surface area contributed by atoms with Gasteiger partial charge < -0.3 is 20.0 Å². The minimum atomic E-state index is -0.165. The summed E-state index contributed by atoms with van der Waals surface area (Å²) in [6.07, 6.45) is 13.4. The van der Waals surface area contributed by atoms with Gasteiger partial charge in [-0.1, -0.05) is 0 Å². The van der Waals surface area contributed by atoms with E-state index in [-0.39, 0.29) is 35.9 Å². The summed E-state index contributed by atoms with van der Waals surface area (Å²) in [5.74, 6) is 1.28. The summed E-state index contributed by atoms with van der Waals surface area (Å²) in [5.41, 5.74) is 2.55. The molecule has 0 saturated heterocycles. The molecule has 0 atom stereocenters. The number of rotatable bonds is 6. The molecule has 1 amide bonds. The standard InChI is InChI=1S/C26H32N6O2/c27-11-5-17-1-3-18(4-2-17)32-21(30-20-14-29-24-19(23(20)32)6-12-28-24)13-22(34)31-26-9-7-25(15-26,16-33)8-10-26/h6,12,14,17-18,33H,1-5,7-10,13,15-16H2,(H,28,29)(H,31,34)/t17-,18-,25?,26?. The van der Waals surface area contributed by atoms with Gasteiger partial charge >= 0.3 is 0 Å². The van der Waals surface area contributed by atoms with E-state index in [2.05, 4.69) is 25.9 Å². The van der Waals surface area contributed by atoms with Crippen molar-refractivity contribution in [3.8, 4) is 6.07 Å². The maximum Gasteiger partial charge on any atom is 0.228 e. The van der Waals surface area contributed by atoms with Crippen LogP contribution in [0, 0.1) is 22.7 Å². The Morgan fingerprint density at radius 2 is 2.06 bits per heavy atom. The molecule has 8 heteroatoms. The molecule has 8 nitrogen and oxygen atoms in total. The van der Waals surface area contributed by atoms with Gasteiger partial charge in [0.25, 0.3) is 0 Å². The number of imidazole rings is 1. The fraction of sp³-hybridized carbons (Fsp3) is 0.615. The minimum Gasteiger partial charge on any atom is -0.396 e. The first-order valence-corrected chi connectivity index (χ1v) is 12.7. The molecular formula is C26H32N6O2. The predicted octanol–water partition coefficient (Wildman–Crippen LogP) is 3.91. The number of nitrogens with one attached hydrogen (secondary N) is 2. The van der Waals surface area contributed by atoms with Crippen LogP contribution in [0.1, 0.15) is 76.1 Å². The SMILES string of the molecule is N#CC[C@H]1CC[C@H](n2c(CC(=O)NC34CCC(CO)(CC3)C4)nc3cnc4[nH]ccc4c32)CC1. The van der Waals surface area contributed by atoms with E-state index < -0.39 is 0 Å². The first kappa shape index (κ1) is 21.6. The Morgan fingerprint density at radius 3 is 2.76 bits per heavy atom. The van der Waals surface area contributed by atoms with Crippen LogP contribution in [-0.2, 0) is 11.2 Å². The Balaban J connectivity index is 1.31. The topological polar surface area (TPSA) is 120 Å². The Morgan fingerprint density at radius 1 is 1.26 bits per heavy atom. The summed E-state index contributed by atoms with van der Waals surface area (Å²) in [5, 5.41) is 23.4. The van der Waals surface area contributed by atoms with Gasteiger partial charge in [0.2, 0.25) is 5.91 Å². The van der Waals surface area contributed by atoms with Crippen LogP contribution < -0.4 is 5.32 Å². The lowest BCUT2D eigenvalue weighted by atomic mass is 9.84. The molecule has 0 spiro atoms. The van der Waals surface area contributed by atoms with Gasteiger partial charge in [-0.2, -0.15) is 5.26 Å². The number of amides is 1. The third-order valence-electron chi connectivity index (χ3n) is 8.91. The fourth-order valence-corrected chi connectivity index (χ4v) is 7.09. The first-order chi connectivity index (χ1) is 16.5. The lowest BCUT2D eigenvalue weighted by Crippen LogP contribution is -2.46. The molecule has 34 heavy (non-hydrogen) atoms. The van der Waals surface area contributed by atoms with Gasteiger partial charge in [-0.15, -0.1) is 0 Å². The predicted molar refractivity (Wildman–Crippen MR) is 128 cm³/mol. The van der Waals surface area contributed by atoms with Crippen molar-refractivity contribution in [2.45, 2.75) is 82.2 Å². The van der Waals surface area contributed by atoms with Crippen LogP contribution in [0.2, 0.25) is 0 Å². The number of nitriles is 1. The Kier molecular flexibility index (Phi) is 5.14. The average Bonchev–Trinajstić information content (AvgIpc) is 3.60. The van der Waals surface area contributed by atoms with Crippen molar-refractivity contribution in [3.05, 3.63) is 24.3 Å². The molecule has 0 aliphatic heterocycles. The zero-order chi connectivity index (χ0) is 23.3. The van der Waals surface area contributed by atoms with Gasteiger partial charge in [0.15, 0.2) is 0 Å². The summed E-state index contributed by atoms with van der Waals surface area (Å²) in [6, 6.07) is 4.63. The normalized spacial score (nSPS) is 30.7. The van der Waals surface area contributed by atoms with Crippen LogP contribution in [0.3, 0.4) is 0 Å². The Bertz CT molecular complexity index is 1270. The number of fused-ring (bicyclic) bond motifs is 5. The highest BCUT2D eigenvalue weighted by atomic mass is 16.3. The fourth-order valence-electron chi connectivity index (χ4n) is 7.09. The summed E-state index contributed by atoms with van der Waals surface area (Å²) in [4.78, 5) is 26.0. The van der Waals surface area contributed by atoms with Crippen LogP contribution >= 0.6 is 0 Å². The van der Waals surface area contributed by atoms with Gasteiger partial charge in [0.1, 0.15) is 17.0 Å². The van der Waals surface area contributed by atoms with Crippen molar-refractivity contribution < 1.29 is 9.90 Å². The molecule has 3 saturated carbocycles. The molecule has 0 aromatic carbocycles. The quantitative estimate of drug-likeness (QED) is 0.515. The number of nitrogens with zero attached hydrogens (tertiary/aromatic N) is 4. The molecule has 2 bridgehead atoms. The van der Waals surface area contributed by atoms with E-state index in [0.717, 1.165) is 85.7 Å². The largest absolute Gasteiger partial charge is 0.396 e. The maximum absolute atomic E-state index is 13.3. The third-order valence-corrected chi connectivity index (χ3v) is 8.91. The second-order valence-electron chi connectivity index (χ2n) is 11.0. The lowest BCUT2D eigenvalue weighted by molar-refractivity contribution is -0.122. The second kappa shape index (κ2) is 8.09. The maximum atomic E-state index is 13.3. The van der Waals surface area contributed by atoms with Crippen molar-refractivity contribution in [1.82, 2.24) is 24.8 Å². The molecule has 3 fully saturated rings. The van der Waals surface area contributed by atoms with Crippen molar-refractivity contribution in [2.24, 2.45) is 11.3 Å². The molecule has 3 aromatic rings. The summed E-state index contributed by atoms with van der Waals surface area (Å²) in [7, 11) is 0. The number of hydrogen-bond donors (Lipinski definition) is 3. The van der Waals surface area contributed by atoms with Crippen LogP contribution in [0.4, 0.5) is 0 Å². The number of aromatic amines is 1. The number of hydrogen-bond acceptors (Lipinski definition) is 5. The smallest absolute Gasteiger partial charge is 0.228 e. The average molecular weight is 461 g/mol. The first-order valence-electron chi connectivity index (χ1n) is 12.7.